The van der Waals surface area contributed by atoms with Crippen molar-refractivity contribution in [2.24, 2.45) is 11.3 Å². The van der Waals surface area contributed by atoms with E-state index in [2.05, 4.69) is 0 Å². The SMILES string of the molecule is CC1CCC[C@@H](O[C@@H]2O[C@@H](CO)[C@H](O)C3O[C@@H](C(=O)O)CC4(CCOC32)CC4)C1O[C@@H]1OC(C)[C@@H](O)C(O)[C@@H]1O. The van der Waals surface area contributed by atoms with Gasteiger partial charge in [-0.15, -0.1) is 0 Å². The number of fused-ring (bicyclic) bond motifs is 1. The first-order chi connectivity index (χ1) is 19.0. The molecule has 5 aliphatic rings. The summed E-state index contributed by atoms with van der Waals surface area (Å²) in [6, 6.07) is 0. The van der Waals surface area contributed by atoms with Crippen molar-refractivity contribution >= 4 is 5.97 Å². The molecule has 6 unspecified atom stereocenters. The van der Waals surface area contributed by atoms with Gasteiger partial charge in [-0.1, -0.05) is 13.3 Å². The van der Waals surface area contributed by atoms with Crippen LogP contribution in [0.25, 0.3) is 0 Å². The highest BCUT2D eigenvalue weighted by molar-refractivity contribution is 5.72. The van der Waals surface area contributed by atoms with Crippen molar-refractivity contribution in [2.45, 2.75) is 139 Å². The van der Waals surface area contributed by atoms with E-state index in [1.54, 1.807) is 6.92 Å². The Morgan fingerprint density at radius 2 is 1.62 bits per heavy atom. The Hall–Kier alpha value is -0.970. The highest BCUT2D eigenvalue weighted by Gasteiger charge is 2.54. The van der Waals surface area contributed by atoms with Gasteiger partial charge in [0.1, 0.15) is 42.7 Å². The van der Waals surface area contributed by atoms with E-state index >= 15 is 0 Å². The first-order valence-electron chi connectivity index (χ1n) is 14.5. The molecule has 13 nitrogen and oxygen atoms in total. The van der Waals surface area contributed by atoms with Gasteiger partial charge in [-0.25, -0.2) is 4.79 Å². The van der Waals surface area contributed by atoms with Crippen molar-refractivity contribution < 1.29 is 63.9 Å². The van der Waals surface area contributed by atoms with Crippen LogP contribution < -0.4 is 0 Å². The van der Waals surface area contributed by atoms with Crippen molar-refractivity contribution in [3.8, 4) is 0 Å². The van der Waals surface area contributed by atoms with Crippen molar-refractivity contribution in [3.63, 3.8) is 0 Å². The standard InChI is InChI=1S/C27H44O13/c1-12-4-3-5-14(21(12)40-25-20(32)19(31)17(29)13(2)36-25)38-26-23-22(18(30)16(11-28)39-26)37-15(24(33)34)10-27(6-7-27)8-9-35-23/h12-23,25-26,28-32H,3-11H2,1-2H3,(H,33,34)/t12?,13?,14-,15-,16+,17-,18+,19?,20+,21?,22?,23?,25+,26-/m1/s1. The summed E-state index contributed by atoms with van der Waals surface area (Å²) in [4.78, 5) is 12.1. The van der Waals surface area contributed by atoms with Gasteiger partial charge in [0, 0.05) is 6.61 Å². The van der Waals surface area contributed by atoms with Gasteiger partial charge in [0.15, 0.2) is 18.7 Å². The molecule has 13 heteroatoms. The summed E-state index contributed by atoms with van der Waals surface area (Å²) < 4.78 is 36.5. The minimum Gasteiger partial charge on any atom is -0.479 e. The topological polar surface area (TPSA) is 194 Å². The zero-order valence-electron chi connectivity index (χ0n) is 23.0. The minimum atomic E-state index is -1.47. The number of carbonyl (C=O) groups is 1. The van der Waals surface area contributed by atoms with E-state index in [1.165, 1.54) is 0 Å². The fourth-order valence-electron chi connectivity index (χ4n) is 6.56. The van der Waals surface area contributed by atoms with Crippen molar-refractivity contribution in [3.05, 3.63) is 0 Å². The summed E-state index contributed by atoms with van der Waals surface area (Å²) in [6.07, 6.45) is -9.20. The van der Waals surface area contributed by atoms with Crippen LogP contribution in [0.4, 0.5) is 0 Å². The number of ether oxygens (including phenoxy) is 6. The van der Waals surface area contributed by atoms with Gasteiger partial charge in [0.25, 0.3) is 0 Å². The van der Waals surface area contributed by atoms with Crippen LogP contribution in [0.2, 0.25) is 0 Å². The summed E-state index contributed by atoms with van der Waals surface area (Å²) in [5.74, 6) is -1.15. The molecule has 3 aliphatic heterocycles. The largest absolute Gasteiger partial charge is 0.479 e. The second kappa shape index (κ2) is 12.3. The number of aliphatic carboxylic acids is 1. The van der Waals surface area contributed by atoms with Gasteiger partial charge >= 0.3 is 5.97 Å². The third kappa shape index (κ3) is 6.20. The zero-order chi connectivity index (χ0) is 28.8. The van der Waals surface area contributed by atoms with E-state index in [9.17, 15) is 35.4 Å². The lowest BCUT2D eigenvalue weighted by Crippen LogP contribution is -2.63. The quantitative estimate of drug-likeness (QED) is 0.232. The number of carboxylic acid groups (broad SMARTS) is 1. The van der Waals surface area contributed by atoms with Gasteiger partial charge < -0.3 is 59.1 Å². The predicted molar refractivity (Wildman–Crippen MR) is 134 cm³/mol. The molecule has 230 valence electrons. The smallest absolute Gasteiger partial charge is 0.332 e. The van der Waals surface area contributed by atoms with Gasteiger partial charge in [-0.2, -0.15) is 0 Å². The molecule has 3 saturated heterocycles. The average molecular weight is 577 g/mol. The van der Waals surface area contributed by atoms with Crippen molar-refractivity contribution in [1.29, 1.82) is 0 Å². The lowest BCUT2D eigenvalue weighted by molar-refractivity contribution is -0.352. The fraction of sp³-hybridized carbons (Fsp3) is 0.963. The number of aliphatic hydroxyl groups excluding tert-OH is 5. The maximum Gasteiger partial charge on any atom is 0.332 e. The van der Waals surface area contributed by atoms with Crippen molar-refractivity contribution in [1.82, 2.24) is 0 Å². The molecule has 5 rings (SSSR count). The van der Waals surface area contributed by atoms with Gasteiger partial charge in [-0.05, 0) is 56.8 Å². The fourth-order valence-corrected chi connectivity index (χ4v) is 6.56. The molecular weight excluding hydrogens is 532 g/mol. The molecule has 0 amide bonds. The summed E-state index contributed by atoms with van der Waals surface area (Å²) >= 11 is 0. The summed E-state index contributed by atoms with van der Waals surface area (Å²) in [7, 11) is 0. The predicted octanol–water partition coefficient (Wildman–Crippen LogP) is -0.720. The van der Waals surface area contributed by atoms with Crippen LogP contribution in [-0.2, 0) is 33.2 Å². The molecule has 14 atom stereocenters. The monoisotopic (exact) mass is 576 g/mol. The Morgan fingerprint density at radius 1 is 0.875 bits per heavy atom. The Labute approximate surface area is 233 Å². The first kappa shape index (κ1) is 30.5. The molecule has 1 spiro atoms. The highest BCUT2D eigenvalue weighted by Crippen LogP contribution is 2.53. The Kier molecular flexibility index (Phi) is 9.40. The molecule has 40 heavy (non-hydrogen) atoms. The number of hydrogen-bond donors (Lipinski definition) is 6. The number of hydrogen-bond acceptors (Lipinski definition) is 12. The van der Waals surface area contributed by atoms with Gasteiger partial charge in [-0.3, -0.25) is 0 Å². The third-order valence-electron chi connectivity index (χ3n) is 9.40. The second-order valence-electron chi connectivity index (χ2n) is 12.3. The third-order valence-corrected chi connectivity index (χ3v) is 9.40. The van der Waals surface area contributed by atoms with E-state index < -0.39 is 92.3 Å². The van der Waals surface area contributed by atoms with Crippen molar-refractivity contribution in [2.75, 3.05) is 13.2 Å². The van der Waals surface area contributed by atoms with Crippen LogP contribution >= 0.6 is 0 Å². The molecule has 2 aliphatic carbocycles. The van der Waals surface area contributed by atoms with Gasteiger partial charge in [0.2, 0.25) is 0 Å². The molecular formula is C27H44O13. The van der Waals surface area contributed by atoms with E-state index in [4.69, 9.17) is 28.4 Å². The Morgan fingerprint density at radius 3 is 2.30 bits per heavy atom. The molecule has 0 aromatic rings. The van der Waals surface area contributed by atoms with E-state index in [0.29, 0.717) is 25.9 Å². The van der Waals surface area contributed by atoms with Crippen LogP contribution in [-0.4, -0.2) is 130 Å². The second-order valence-corrected chi connectivity index (χ2v) is 12.3. The normalized spacial score (nSPS) is 49.4. The van der Waals surface area contributed by atoms with Crippen LogP contribution in [0.3, 0.4) is 0 Å². The molecule has 0 radical (unpaired) electrons. The van der Waals surface area contributed by atoms with Crippen LogP contribution in [0.1, 0.15) is 58.8 Å². The first-order valence-corrected chi connectivity index (χ1v) is 14.5. The van der Waals surface area contributed by atoms with Crippen LogP contribution in [0.5, 0.6) is 0 Å². The average Bonchev–Trinajstić information content (AvgIpc) is 3.67. The van der Waals surface area contributed by atoms with Crippen LogP contribution in [0, 0.1) is 11.3 Å². The maximum atomic E-state index is 12.1. The summed E-state index contributed by atoms with van der Waals surface area (Å²) in [5.41, 5.74) is -0.164. The molecule has 0 aromatic carbocycles. The molecule has 0 aromatic heterocycles. The molecule has 3 heterocycles. The number of carboxylic acids is 1. The van der Waals surface area contributed by atoms with Gasteiger partial charge in [0.05, 0.1) is 24.9 Å². The van der Waals surface area contributed by atoms with E-state index in [-0.39, 0.29) is 11.3 Å². The summed E-state index contributed by atoms with van der Waals surface area (Å²) in [6.45, 7) is 3.31. The number of rotatable bonds is 6. The van der Waals surface area contributed by atoms with E-state index in [1.807, 2.05) is 6.92 Å². The summed E-state index contributed by atoms with van der Waals surface area (Å²) in [5, 5.41) is 61.7. The Bertz CT molecular complexity index is 869. The highest BCUT2D eigenvalue weighted by atomic mass is 16.7. The molecule has 5 fully saturated rings. The number of aliphatic hydroxyl groups is 5. The van der Waals surface area contributed by atoms with Crippen LogP contribution in [0.15, 0.2) is 0 Å². The lowest BCUT2D eigenvalue weighted by Gasteiger charge is -2.47. The Balaban J connectivity index is 1.36. The molecule has 6 N–H and O–H groups in total. The minimum absolute atomic E-state index is 0.0312. The molecule has 0 bridgehead atoms. The molecule has 2 saturated carbocycles. The zero-order valence-corrected chi connectivity index (χ0v) is 23.0. The lowest BCUT2D eigenvalue weighted by atomic mass is 9.85. The maximum absolute atomic E-state index is 12.1. The van der Waals surface area contributed by atoms with E-state index in [0.717, 1.165) is 25.7 Å².